The monoisotopic (exact) mass is 367 g/mol. The molecule has 3 N–H and O–H groups in total. The van der Waals surface area contributed by atoms with Crippen molar-refractivity contribution in [3.8, 4) is 0 Å². The van der Waals surface area contributed by atoms with Gasteiger partial charge < -0.3 is 14.8 Å². The second kappa shape index (κ2) is 8.25. The molecule has 3 unspecified atom stereocenters. The van der Waals surface area contributed by atoms with Crippen molar-refractivity contribution in [1.29, 1.82) is 0 Å². The first-order valence-electron chi connectivity index (χ1n) is 9.90. The predicted octanol–water partition coefficient (Wildman–Crippen LogP) is 1.89. The largest absolute Gasteiger partial charge is 0.353 e. The van der Waals surface area contributed by atoms with Crippen LogP contribution in [0.15, 0.2) is 48.7 Å². The van der Waals surface area contributed by atoms with Gasteiger partial charge in [0.2, 0.25) is 5.91 Å². The number of carbonyl (C=O) groups is 1. The average molecular weight is 367 g/mol. The molecule has 0 radical (unpaired) electrons. The molecule has 1 aromatic carbocycles. The molecule has 2 aliphatic rings. The van der Waals surface area contributed by atoms with E-state index < -0.39 is 0 Å². The Morgan fingerprint density at radius 2 is 1.93 bits per heavy atom. The highest BCUT2D eigenvalue weighted by molar-refractivity contribution is 5.82. The van der Waals surface area contributed by atoms with Crippen molar-refractivity contribution in [2.24, 2.45) is 7.05 Å². The summed E-state index contributed by atoms with van der Waals surface area (Å²) >= 11 is 0. The predicted molar refractivity (Wildman–Crippen MR) is 106 cm³/mol. The van der Waals surface area contributed by atoms with Crippen molar-refractivity contribution >= 4 is 5.91 Å². The van der Waals surface area contributed by atoms with E-state index in [1.54, 1.807) is 0 Å². The van der Waals surface area contributed by atoms with E-state index in [4.69, 9.17) is 0 Å². The number of hydrogen-bond acceptors (Lipinski definition) is 4. The third kappa shape index (κ3) is 4.24. The summed E-state index contributed by atoms with van der Waals surface area (Å²) in [7, 11) is 2.03. The standard InChI is InChI=1S/C21H29N5O/c1-25-11-7-10-20(25)17-14-18(24-23-17)21(27)22-19(15-26-12-5-6-13-26)16-8-3-2-4-9-16/h2-4,7-11,17-19,23-24H,5-6,12-15H2,1H3,(H,22,27). The molecule has 144 valence electrons. The molecule has 6 heteroatoms. The number of benzene rings is 1. The number of hydrazine groups is 1. The molecule has 2 fully saturated rings. The Labute approximate surface area is 160 Å². The minimum absolute atomic E-state index is 0.0210. The maximum absolute atomic E-state index is 13.0. The van der Waals surface area contributed by atoms with Crippen LogP contribution in [0.4, 0.5) is 0 Å². The van der Waals surface area contributed by atoms with Crippen LogP contribution in [0.5, 0.6) is 0 Å². The van der Waals surface area contributed by atoms with Crippen LogP contribution < -0.4 is 16.2 Å². The van der Waals surface area contributed by atoms with Gasteiger partial charge in [0.15, 0.2) is 0 Å². The number of likely N-dealkylation sites (tertiary alicyclic amines) is 1. The van der Waals surface area contributed by atoms with E-state index in [-0.39, 0.29) is 24.0 Å². The molecule has 0 saturated carbocycles. The molecule has 0 spiro atoms. The lowest BCUT2D eigenvalue weighted by Gasteiger charge is -2.26. The highest BCUT2D eigenvalue weighted by atomic mass is 16.2. The minimum atomic E-state index is -0.227. The molecular weight excluding hydrogens is 338 g/mol. The van der Waals surface area contributed by atoms with Gasteiger partial charge in [-0.1, -0.05) is 30.3 Å². The van der Waals surface area contributed by atoms with E-state index in [9.17, 15) is 4.79 Å². The lowest BCUT2D eigenvalue weighted by molar-refractivity contribution is -0.123. The smallest absolute Gasteiger partial charge is 0.239 e. The van der Waals surface area contributed by atoms with Crippen LogP contribution >= 0.6 is 0 Å². The average Bonchev–Trinajstić information content (AvgIpc) is 3.43. The Morgan fingerprint density at radius 3 is 2.63 bits per heavy atom. The van der Waals surface area contributed by atoms with E-state index >= 15 is 0 Å². The lowest BCUT2D eigenvalue weighted by Crippen LogP contribution is -2.46. The molecule has 0 aliphatic carbocycles. The summed E-state index contributed by atoms with van der Waals surface area (Å²) in [5, 5.41) is 3.29. The number of aromatic nitrogens is 1. The first-order valence-corrected chi connectivity index (χ1v) is 9.90. The number of aryl methyl sites for hydroxylation is 1. The van der Waals surface area contributed by atoms with Gasteiger partial charge in [-0.2, -0.15) is 0 Å². The molecule has 1 aromatic heterocycles. The van der Waals surface area contributed by atoms with Gasteiger partial charge in [0.05, 0.1) is 12.1 Å². The first-order chi connectivity index (χ1) is 13.2. The zero-order valence-corrected chi connectivity index (χ0v) is 15.9. The van der Waals surface area contributed by atoms with Gasteiger partial charge in [-0.25, -0.2) is 10.9 Å². The van der Waals surface area contributed by atoms with Gasteiger partial charge >= 0.3 is 0 Å². The van der Waals surface area contributed by atoms with Crippen molar-refractivity contribution < 1.29 is 4.79 Å². The fourth-order valence-corrected chi connectivity index (χ4v) is 4.17. The maximum Gasteiger partial charge on any atom is 0.239 e. The molecule has 2 aromatic rings. The summed E-state index contributed by atoms with van der Waals surface area (Å²) in [4.78, 5) is 15.4. The SMILES string of the molecule is Cn1cccc1C1CC(C(=O)NC(CN2CCCC2)c2ccccc2)NN1. The number of hydrogen-bond donors (Lipinski definition) is 3. The van der Waals surface area contributed by atoms with Crippen molar-refractivity contribution in [2.45, 2.75) is 37.4 Å². The van der Waals surface area contributed by atoms with E-state index in [2.05, 4.69) is 43.8 Å². The number of nitrogens with zero attached hydrogens (tertiary/aromatic N) is 2. The van der Waals surface area contributed by atoms with Crippen molar-refractivity contribution in [1.82, 2.24) is 25.6 Å². The first kappa shape index (κ1) is 18.2. The van der Waals surface area contributed by atoms with Crippen LogP contribution in [0.25, 0.3) is 0 Å². The fourth-order valence-electron chi connectivity index (χ4n) is 4.17. The van der Waals surface area contributed by atoms with Gasteiger partial charge in [-0.05, 0) is 50.0 Å². The molecule has 2 saturated heterocycles. The second-order valence-electron chi connectivity index (χ2n) is 7.65. The van der Waals surface area contributed by atoms with Gasteiger partial charge in [0.25, 0.3) is 0 Å². The van der Waals surface area contributed by atoms with Crippen molar-refractivity contribution in [2.75, 3.05) is 19.6 Å². The van der Waals surface area contributed by atoms with Gasteiger partial charge in [0, 0.05) is 25.5 Å². The molecule has 4 rings (SSSR count). The van der Waals surface area contributed by atoms with Crippen molar-refractivity contribution in [3.05, 3.63) is 59.9 Å². The zero-order chi connectivity index (χ0) is 18.6. The quantitative estimate of drug-likeness (QED) is 0.730. The molecular formula is C21H29N5O. The van der Waals surface area contributed by atoms with E-state index in [0.29, 0.717) is 0 Å². The Bertz CT molecular complexity index is 753. The number of amides is 1. The summed E-state index contributed by atoms with van der Waals surface area (Å²) in [6.45, 7) is 3.12. The third-order valence-corrected chi connectivity index (χ3v) is 5.72. The minimum Gasteiger partial charge on any atom is -0.353 e. The van der Waals surface area contributed by atoms with Crippen LogP contribution in [-0.2, 0) is 11.8 Å². The Kier molecular flexibility index (Phi) is 5.57. The van der Waals surface area contributed by atoms with Crippen LogP contribution in [0.3, 0.4) is 0 Å². The summed E-state index contributed by atoms with van der Waals surface area (Å²) in [6, 6.07) is 14.4. The van der Waals surface area contributed by atoms with Crippen LogP contribution in [0.2, 0.25) is 0 Å². The molecule has 0 bridgehead atoms. The summed E-state index contributed by atoms with van der Waals surface area (Å²) in [5.74, 6) is 0.0623. The maximum atomic E-state index is 13.0. The Balaban J connectivity index is 1.41. The number of carbonyl (C=O) groups excluding carboxylic acids is 1. The van der Waals surface area contributed by atoms with Gasteiger partial charge in [0.1, 0.15) is 6.04 Å². The summed E-state index contributed by atoms with van der Waals surface area (Å²) < 4.78 is 2.10. The second-order valence-corrected chi connectivity index (χ2v) is 7.65. The molecule has 3 atom stereocenters. The van der Waals surface area contributed by atoms with E-state index in [1.165, 1.54) is 24.1 Å². The van der Waals surface area contributed by atoms with Crippen LogP contribution in [0.1, 0.15) is 42.6 Å². The molecule has 2 aliphatic heterocycles. The van der Waals surface area contributed by atoms with Crippen LogP contribution in [-0.4, -0.2) is 41.1 Å². The lowest BCUT2D eigenvalue weighted by atomic mass is 10.0. The van der Waals surface area contributed by atoms with Crippen molar-refractivity contribution in [3.63, 3.8) is 0 Å². The van der Waals surface area contributed by atoms with Gasteiger partial charge in [-0.3, -0.25) is 4.79 Å². The molecule has 27 heavy (non-hydrogen) atoms. The Morgan fingerprint density at radius 1 is 1.15 bits per heavy atom. The van der Waals surface area contributed by atoms with Gasteiger partial charge in [-0.15, -0.1) is 0 Å². The van der Waals surface area contributed by atoms with E-state index in [1.807, 2.05) is 37.5 Å². The Hall–Kier alpha value is -2.15. The highest BCUT2D eigenvalue weighted by Gasteiger charge is 2.32. The fraction of sp³-hybridized carbons (Fsp3) is 0.476. The normalized spacial score (nSPS) is 24.2. The van der Waals surface area contributed by atoms with E-state index in [0.717, 1.165) is 26.1 Å². The highest BCUT2D eigenvalue weighted by Crippen LogP contribution is 2.23. The third-order valence-electron chi connectivity index (χ3n) is 5.72. The molecule has 3 heterocycles. The number of rotatable bonds is 6. The zero-order valence-electron chi connectivity index (χ0n) is 15.9. The topological polar surface area (TPSA) is 61.3 Å². The summed E-state index contributed by atoms with van der Waals surface area (Å²) in [6.07, 6.45) is 5.28. The number of nitrogens with one attached hydrogen (secondary N) is 3. The van der Waals surface area contributed by atoms with Crippen LogP contribution in [0, 0.1) is 0 Å². The molecule has 6 nitrogen and oxygen atoms in total. The summed E-state index contributed by atoms with van der Waals surface area (Å²) in [5.41, 5.74) is 8.82. The molecule has 1 amide bonds.